The first kappa shape index (κ1) is 11.2. The second kappa shape index (κ2) is 5.12. The first-order valence-corrected chi connectivity index (χ1v) is 5.03. The van der Waals surface area contributed by atoms with Crippen molar-refractivity contribution in [3.05, 3.63) is 18.2 Å². The van der Waals surface area contributed by atoms with Crippen molar-refractivity contribution >= 4 is 0 Å². The minimum atomic E-state index is 0.154. The average Bonchev–Trinajstić information content (AvgIpc) is 2.60. The molecule has 0 fully saturated rings. The summed E-state index contributed by atoms with van der Waals surface area (Å²) in [5, 5.41) is 12.4. The molecule has 2 N–H and O–H groups in total. The largest absolute Gasteiger partial charge is 0.395 e. The zero-order valence-corrected chi connectivity index (χ0v) is 9.07. The molecule has 2 atom stereocenters. The van der Waals surface area contributed by atoms with Crippen LogP contribution in [0.5, 0.6) is 0 Å². The predicted molar refractivity (Wildman–Crippen MR) is 55.9 cm³/mol. The third-order valence-electron chi connectivity index (χ3n) is 2.44. The molecule has 0 saturated carbocycles. The van der Waals surface area contributed by atoms with Crippen LogP contribution in [0.3, 0.4) is 0 Å². The Labute approximate surface area is 85.0 Å². The molecule has 4 heteroatoms. The standard InChI is InChI=1S/C10H19N3O/c1-4-9(7-14)12-8(2)10-11-5-6-13(10)3/h5-6,8-9,12,14H,4,7H2,1-3H3. The van der Waals surface area contributed by atoms with Gasteiger partial charge in [-0.25, -0.2) is 4.98 Å². The van der Waals surface area contributed by atoms with Crippen molar-refractivity contribution in [2.24, 2.45) is 7.05 Å². The minimum Gasteiger partial charge on any atom is -0.395 e. The molecule has 1 aromatic heterocycles. The number of aliphatic hydroxyl groups excluding tert-OH is 1. The summed E-state index contributed by atoms with van der Waals surface area (Å²) in [5.74, 6) is 0.997. The summed E-state index contributed by atoms with van der Waals surface area (Å²) in [6, 6.07) is 0.328. The van der Waals surface area contributed by atoms with Gasteiger partial charge < -0.3 is 15.0 Å². The first-order valence-electron chi connectivity index (χ1n) is 5.03. The van der Waals surface area contributed by atoms with Gasteiger partial charge in [0.1, 0.15) is 5.82 Å². The molecule has 0 aliphatic carbocycles. The first-order chi connectivity index (χ1) is 6.69. The molecule has 0 radical (unpaired) electrons. The summed E-state index contributed by atoms with van der Waals surface area (Å²) in [5.41, 5.74) is 0. The van der Waals surface area contributed by atoms with Crippen LogP contribution in [-0.2, 0) is 7.05 Å². The Kier molecular flexibility index (Phi) is 4.10. The van der Waals surface area contributed by atoms with Gasteiger partial charge in [-0.05, 0) is 13.3 Å². The van der Waals surface area contributed by atoms with E-state index in [9.17, 15) is 0 Å². The van der Waals surface area contributed by atoms with Crippen LogP contribution in [0.1, 0.15) is 32.1 Å². The highest BCUT2D eigenvalue weighted by Gasteiger charge is 2.13. The van der Waals surface area contributed by atoms with Crippen LogP contribution in [0, 0.1) is 0 Å². The zero-order chi connectivity index (χ0) is 10.6. The second-order valence-electron chi connectivity index (χ2n) is 3.57. The molecule has 1 rings (SSSR count). The number of aromatic nitrogens is 2. The molecule has 80 valence electrons. The van der Waals surface area contributed by atoms with Crippen LogP contribution < -0.4 is 5.32 Å². The maximum atomic E-state index is 9.05. The van der Waals surface area contributed by atoms with Crippen molar-refractivity contribution in [2.75, 3.05) is 6.61 Å². The molecule has 1 aromatic rings. The highest BCUT2D eigenvalue weighted by Crippen LogP contribution is 2.09. The lowest BCUT2D eigenvalue weighted by Gasteiger charge is -2.20. The minimum absolute atomic E-state index is 0.154. The molecule has 0 amide bonds. The van der Waals surface area contributed by atoms with Crippen LogP contribution in [0.4, 0.5) is 0 Å². The van der Waals surface area contributed by atoms with Crippen molar-refractivity contribution in [3.8, 4) is 0 Å². The maximum absolute atomic E-state index is 9.05. The Morgan fingerprint density at radius 3 is 2.79 bits per heavy atom. The van der Waals surface area contributed by atoms with Gasteiger partial charge in [-0.15, -0.1) is 0 Å². The lowest BCUT2D eigenvalue weighted by Crippen LogP contribution is -2.34. The van der Waals surface area contributed by atoms with Gasteiger partial charge in [-0.3, -0.25) is 0 Å². The van der Waals surface area contributed by atoms with Gasteiger partial charge >= 0.3 is 0 Å². The molecule has 0 bridgehead atoms. The van der Waals surface area contributed by atoms with Crippen molar-refractivity contribution in [1.82, 2.24) is 14.9 Å². The fourth-order valence-electron chi connectivity index (χ4n) is 1.52. The molecule has 0 aromatic carbocycles. The number of aryl methyl sites for hydroxylation is 1. The molecule has 0 aliphatic heterocycles. The summed E-state index contributed by atoms with van der Waals surface area (Å²) in [4.78, 5) is 4.26. The van der Waals surface area contributed by atoms with Crippen molar-refractivity contribution in [3.63, 3.8) is 0 Å². The van der Waals surface area contributed by atoms with Crippen LogP contribution in [-0.4, -0.2) is 27.3 Å². The lowest BCUT2D eigenvalue weighted by molar-refractivity contribution is 0.228. The second-order valence-corrected chi connectivity index (χ2v) is 3.57. The Morgan fingerprint density at radius 1 is 1.64 bits per heavy atom. The van der Waals surface area contributed by atoms with Crippen molar-refractivity contribution < 1.29 is 5.11 Å². The summed E-state index contributed by atoms with van der Waals surface area (Å²) < 4.78 is 1.99. The fourth-order valence-corrected chi connectivity index (χ4v) is 1.52. The van der Waals surface area contributed by atoms with Crippen LogP contribution in [0.15, 0.2) is 12.4 Å². The number of hydrogen-bond donors (Lipinski definition) is 2. The van der Waals surface area contributed by atoms with E-state index in [2.05, 4.69) is 24.1 Å². The molecule has 0 aliphatic rings. The van der Waals surface area contributed by atoms with E-state index in [0.717, 1.165) is 12.2 Å². The smallest absolute Gasteiger partial charge is 0.125 e. The summed E-state index contributed by atoms with van der Waals surface area (Å²) in [7, 11) is 1.97. The number of nitrogens with zero attached hydrogens (tertiary/aromatic N) is 2. The molecular formula is C10H19N3O. The molecule has 14 heavy (non-hydrogen) atoms. The molecule has 1 heterocycles. The predicted octanol–water partition coefficient (Wildman–Crippen LogP) is 0.842. The molecule has 0 saturated heterocycles. The van der Waals surface area contributed by atoms with Crippen molar-refractivity contribution in [2.45, 2.75) is 32.4 Å². The van der Waals surface area contributed by atoms with Gasteiger partial charge in [0.2, 0.25) is 0 Å². The monoisotopic (exact) mass is 197 g/mol. The van der Waals surface area contributed by atoms with Gasteiger partial charge in [0.25, 0.3) is 0 Å². The van der Waals surface area contributed by atoms with E-state index in [4.69, 9.17) is 5.11 Å². The number of imidazole rings is 1. The fraction of sp³-hybridized carbons (Fsp3) is 0.700. The van der Waals surface area contributed by atoms with E-state index in [0.29, 0.717) is 0 Å². The highest BCUT2D eigenvalue weighted by molar-refractivity contribution is 4.97. The third-order valence-corrected chi connectivity index (χ3v) is 2.44. The van der Waals surface area contributed by atoms with E-state index in [1.165, 1.54) is 0 Å². The van der Waals surface area contributed by atoms with E-state index >= 15 is 0 Å². The zero-order valence-electron chi connectivity index (χ0n) is 9.07. The normalized spacial score (nSPS) is 15.4. The molecule has 2 unspecified atom stereocenters. The van der Waals surface area contributed by atoms with E-state index < -0.39 is 0 Å². The van der Waals surface area contributed by atoms with Crippen LogP contribution in [0.2, 0.25) is 0 Å². The summed E-state index contributed by atoms with van der Waals surface area (Å²) in [6.45, 7) is 4.28. The maximum Gasteiger partial charge on any atom is 0.125 e. The van der Waals surface area contributed by atoms with Crippen molar-refractivity contribution in [1.29, 1.82) is 0 Å². The molecule has 4 nitrogen and oxygen atoms in total. The Bertz CT molecular complexity index is 268. The Balaban J connectivity index is 2.58. The topological polar surface area (TPSA) is 50.1 Å². The summed E-state index contributed by atoms with van der Waals surface area (Å²) in [6.07, 6.45) is 4.63. The Hall–Kier alpha value is -0.870. The van der Waals surface area contributed by atoms with E-state index in [1.807, 2.05) is 17.8 Å². The van der Waals surface area contributed by atoms with E-state index in [1.54, 1.807) is 6.20 Å². The van der Waals surface area contributed by atoms with Crippen LogP contribution >= 0.6 is 0 Å². The number of rotatable bonds is 5. The van der Waals surface area contributed by atoms with Gasteiger partial charge in [-0.1, -0.05) is 6.92 Å². The van der Waals surface area contributed by atoms with Gasteiger partial charge in [0, 0.05) is 25.5 Å². The number of aliphatic hydroxyl groups is 1. The Morgan fingerprint density at radius 2 is 2.36 bits per heavy atom. The van der Waals surface area contributed by atoms with Gasteiger partial charge in [0.15, 0.2) is 0 Å². The number of nitrogens with one attached hydrogen (secondary N) is 1. The van der Waals surface area contributed by atoms with E-state index in [-0.39, 0.29) is 18.7 Å². The van der Waals surface area contributed by atoms with Crippen LogP contribution in [0.25, 0.3) is 0 Å². The SMILES string of the molecule is CCC(CO)NC(C)c1nccn1C. The average molecular weight is 197 g/mol. The van der Waals surface area contributed by atoms with Gasteiger partial charge in [-0.2, -0.15) is 0 Å². The highest BCUT2D eigenvalue weighted by atomic mass is 16.3. The number of hydrogen-bond acceptors (Lipinski definition) is 3. The lowest BCUT2D eigenvalue weighted by atomic mass is 10.2. The third kappa shape index (κ3) is 2.56. The summed E-state index contributed by atoms with van der Waals surface area (Å²) >= 11 is 0. The molecule has 0 spiro atoms. The molecular weight excluding hydrogens is 178 g/mol. The van der Waals surface area contributed by atoms with Gasteiger partial charge in [0.05, 0.1) is 12.6 Å². The quantitative estimate of drug-likeness (QED) is 0.735.